The number of hydrogen-bond donors (Lipinski definition) is 2. The van der Waals surface area contributed by atoms with Crippen LogP contribution in [0, 0.1) is 11.3 Å². The van der Waals surface area contributed by atoms with Crippen molar-refractivity contribution in [3.8, 4) is 23.1 Å². The van der Waals surface area contributed by atoms with Crippen molar-refractivity contribution in [2.24, 2.45) is 0 Å². The van der Waals surface area contributed by atoms with Crippen LogP contribution in [0.1, 0.15) is 56.2 Å². The van der Waals surface area contributed by atoms with E-state index in [1.165, 1.54) is 11.1 Å². The fourth-order valence-electron chi connectivity index (χ4n) is 4.37. The first-order chi connectivity index (χ1) is 14.5. The van der Waals surface area contributed by atoms with Crippen LogP contribution in [0.2, 0.25) is 0 Å². The van der Waals surface area contributed by atoms with E-state index in [9.17, 15) is 10.4 Å². The maximum Gasteiger partial charge on any atom is 0.189 e. The minimum absolute atomic E-state index is 0.120. The monoisotopic (exact) mass is 408 g/mol. The molecule has 0 spiro atoms. The Morgan fingerprint density at radius 3 is 2.70 bits per heavy atom. The summed E-state index contributed by atoms with van der Waals surface area (Å²) < 4.78 is 11.2. The third-order valence-corrected chi connectivity index (χ3v) is 5.87. The number of nitriles is 1. The first-order valence-electron chi connectivity index (χ1n) is 10.6. The van der Waals surface area contributed by atoms with Gasteiger partial charge in [0.25, 0.3) is 0 Å². The summed E-state index contributed by atoms with van der Waals surface area (Å²) in [5.41, 5.74) is 3.99. The van der Waals surface area contributed by atoms with Gasteiger partial charge in [-0.1, -0.05) is 0 Å². The van der Waals surface area contributed by atoms with Crippen LogP contribution < -0.4 is 10.1 Å². The molecule has 0 aliphatic heterocycles. The molecule has 1 aromatic carbocycles. The molecule has 7 nitrogen and oxygen atoms in total. The van der Waals surface area contributed by atoms with E-state index in [1.807, 2.05) is 19.9 Å². The SMILES string of the molecule is CCOCOc1cc(C#N)ccc1-c1nnc(NC2CC(C)(O)C2)c2c1CCCC2. The first kappa shape index (κ1) is 20.6. The maximum absolute atomic E-state index is 10.0. The van der Waals surface area contributed by atoms with Crippen LogP contribution in [0.4, 0.5) is 5.82 Å². The number of aromatic nitrogens is 2. The van der Waals surface area contributed by atoms with E-state index in [2.05, 4.69) is 21.6 Å². The van der Waals surface area contributed by atoms with Crippen LogP contribution >= 0.6 is 0 Å². The average molecular weight is 409 g/mol. The Kier molecular flexibility index (Phi) is 5.89. The van der Waals surface area contributed by atoms with Gasteiger partial charge in [-0.2, -0.15) is 5.26 Å². The summed E-state index contributed by atoms with van der Waals surface area (Å²) in [5.74, 6) is 1.42. The van der Waals surface area contributed by atoms with Crippen molar-refractivity contribution in [3.05, 3.63) is 34.9 Å². The van der Waals surface area contributed by atoms with Crippen LogP contribution in [-0.4, -0.2) is 40.3 Å². The van der Waals surface area contributed by atoms with E-state index >= 15 is 0 Å². The van der Waals surface area contributed by atoms with Crippen molar-refractivity contribution in [1.29, 1.82) is 5.26 Å². The molecule has 1 heterocycles. The molecule has 2 aliphatic rings. The third-order valence-electron chi connectivity index (χ3n) is 5.87. The van der Waals surface area contributed by atoms with Gasteiger partial charge in [0.05, 0.1) is 17.2 Å². The highest BCUT2D eigenvalue weighted by Gasteiger charge is 2.39. The lowest BCUT2D eigenvalue weighted by Crippen LogP contribution is -2.48. The van der Waals surface area contributed by atoms with E-state index in [4.69, 9.17) is 9.47 Å². The topological polar surface area (TPSA) is 100 Å². The fourth-order valence-corrected chi connectivity index (χ4v) is 4.37. The predicted octanol–water partition coefficient (Wildman–Crippen LogP) is 3.59. The summed E-state index contributed by atoms with van der Waals surface area (Å²) in [5, 5.41) is 31.9. The molecule has 7 heteroatoms. The standard InChI is InChI=1S/C23H28N4O3/c1-3-29-14-30-20-10-15(13-24)8-9-19(20)21-17-6-4-5-7-18(17)22(27-26-21)25-16-11-23(2,28)12-16/h8-10,16,28H,3-7,11-12,14H2,1-2H3,(H,25,27). The van der Waals surface area contributed by atoms with Gasteiger partial charge in [0, 0.05) is 23.8 Å². The van der Waals surface area contributed by atoms with Crippen LogP contribution in [0.3, 0.4) is 0 Å². The van der Waals surface area contributed by atoms with Gasteiger partial charge in [0.1, 0.15) is 11.4 Å². The Hall–Kier alpha value is -2.69. The molecule has 2 aliphatic carbocycles. The molecule has 4 rings (SSSR count). The molecular formula is C23H28N4O3. The molecule has 0 atom stereocenters. The quantitative estimate of drug-likeness (QED) is 0.533. The Labute approximate surface area is 177 Å². The Morgan fingerprint density at radius 2 is 2.00 bits per heavy atom. The van der Waals surface area contributed by atoms with Crippen molar-refractivity contribution in [2.45, 2.75) is 64.0 Å². The number of benzene rings is 1. The summed E-state index contributed by atoms with van der Waals surface area (Å²) in [6, 6.07) is 7.78. The molecule has 0 bridgehead atoms. The summed E-state index contributed by atoms with van der Waals surface area (Å²) in [4.78, 5) is 0. The van der Waals surface area contributed by atoms with Gasteiger partial charge in [0.15, 0.2) is 12.6 Å². The number of ether oxygens (including phenoxy) is 2. The molecule has 1 fully saturated rings. The number of nitrogens with zero attached hydrogens (tertiary/aromatic N) is 3. The van der Waals surface area contributed by atoms with Crippen molar-refractivity contribution in [1.82, 2.24) is 10.2 Å². The second-order valence-corrected chi connectivity index (χ2v) is 8.39. The van der Waals surface area contributed by atoms with Crippen LogP contribution in [0.15, 0.2) is 18.2 Å². The van der Waals surface area contributed by atoms with E-state index in [1.54, 1.807) is 12.1 Å². The normalized spacial score (nSPS) is 22.5. The zero-order chi connectivity index (χ0) is 21.1. The molecule has 2 aromatic rings. The lowest BCUT2D eigenvalue weighted by Gasteiger charge is -2.41. The van der Waals surface area contributed by atoms with Crippen molar-refractivity contribution in [3.63, 3.8) is 0 Å². The van der Waals surface area contributed by atoms with Crippen molar-refractivity contribution in [2.75, 3.05) is 18.7 Å². The second kappa shape index (κ2) is 8.58. The van der Waals surface area contributed by atoms with Gasteiger partial charge < -0.3 is 19.9 Å². The number of fused-ring (bicyclic) bond motifs is 1. The minimum atomic E-state index is -0.583. The van der Waals surface area contributed by atoms with E-state index in [0.717, 1.165) is 55.6 Å². The average Bonchev–Trinajstić information content (AvgIpc) is 2.73. The summed E-state index contributed by atoms with van der Waals surface area (Å²) >= 11 is 0. The third kappa shape index (κ3) is 4.25. The highest BCUT2D eigenvalue weighted by Crippen LogP contribution is 2.39. The highest BCUT2D eigenvalue weighted by molar-refractivity contribution is 5.74. The van der Waals surface area contributed by atoms with Crippen molar-refractivity contribution < 1.29 is 14.6 Å². The van der Waals surface area contributed by atoms with Gasteiger partial charge in [-0.25, -0.2) is 0 Å². The molecule has 0 radical (unpaired) electrons. The summed E-state index contributed by atoms with van der Waals surface area (Å²) in [6.07, 6.45) is 5.55. The minimum Gasteiger partial charge on any atom is -0.467 e. The number of anilines is 1. The molecule has 158 valence electrons. The highest BCUT2D eigenvalue weighted by atomic mass is 16.7. The number of rotatable bonds is 7. The van der Waals surface area contributed by atoms with Crippen LogP contribution in [0.5, 0.6) is 5.75 Å². The lowest BCUT2D eigenvalue weighted by atomic mass is 9.77. The van der Waals surface area contributed by atoms with Gasteiger partial charge in [0.2, 0.25) is 0 Å². The van der Waals surface area contributed by atoms with Crippen LogP contribution in [-0.2, 0) is 17.6 Å². The summed E-state index contributed by atoms with van der Waals surface area (Å²) in [6.45, 7) is 4.45. The Balaban J connectivity index is 1.68. The van der Waals surface area contributed by atoms with Gasteiger partial charge >= 0.3 is 0 Å². The molecule has 0 unspecified atom stereocenters. The zero-order valence-corrected chi connectivity index (χ0v) is 17.6. The second-order valence-electron chi connectivity index (χ2n) is 8.39. The van der Waals surface area contributed by atoms with E-state index in [-0.39, 0.29) is 12.8 Å². The number of nitrogens with one attached hydrogen (secondary N) is 1. The molecule has 0 saturated heterocycles. The van der Waals surface area contributed by atoms with Crippen LogP contribution in [0.25, 0.3) is 11.3 Å². The lowest BCUT2D eigenvalue weighted by molar-refractivity contribution is -0.0235. The van der Waals surface area contributed by atoms with Gasteiger partial charge in [-0.05, 0) is 76.1 Å². The molecule has 0 amide bonds. The maximum atomic E-state index is 10.0. The molecular weight excluding hydrogens is 380 g/mol. The number of aliphatic hydroxyl groups is 1. The first-order valence-corrected chi connectivity index (χ1v) is 10.6. The molecule has 1 saturated carbocycles. The smallest absolute Gasteiger partial charge is 0.189 e. The zero-order valence-electron chi connectivity index (χ0n) is 17.6. The largest absolute Gasteiger partial charge is 0.467 e. The van der Waals surface area contributed by atoms with Crippen molar-refractivity contribution >= 4 is 5.82 Å². The Bertz CT molecular complexity index is 960. The number of hydrogen-bond acceptors (Lipinski definition) is 7. The fraction of sp³-hybridized carbons (Fsp3) is 0.522. The van der Waals surface area contributed by atoms with E-state index < -0.39 is 5.60 Å². The van der Waals surface area contributed by atoms with E-state index in [0.29, 0.717) is 17.9 Å². The van der Waals surface area contributed by atoms with Gasteiger partial charge in [-0.15, -0.1) is 10.2 Å². The van der Waals surface area contributed by atoms with Gasteiger partial charge in [-0.3, -0.25) is 0 Å². The molecule has 2 N–H and O–H groups in total. The molecule has 30 heavy (non-hydrogen) atoms. The molecule has 1 aromatic heterocycles. The summed E-state index contributed by atoms with van der Waals surface area (Å²) in [7, 11) is 0. The Morgan fingerprint density at radius 1 is 1.23 bits per heavy atom. The predicted molar refractivity (Wildman–Crippen MR) is 113 cm³/mol.